The Kier molecular flexibility index (Phi) is 5.14. The quantitative estimate of drug-likeness (QED) is 0.599. The minimum atomic E-state index is -1.61. The summed E-state index contributed by atoms with van der Waals surface area (Å²) in [7, 11) is 0. The topological polar surface area (TPSA) is 77.8 Å². The van der Waals surface area contributed by atoms with Gasteiger partial charge in [0.25, 0.3) is 0 Å². The molecule has 4 aliphatic rings. The van der Waals surface area contributed by atoms with Crippen molar-refractivity contribution in [3.63, 3.8) is 0 Å². The molecule has 4 nitrogen and oxygen atoms in total. The molecular formula is C24H40O4. The summed E-state index contributed by atoms with van der Waals surface area (Å²) < 4.78 is 0. The number of aliphatic hydroxyl groups is 2. The van der Waals surface area contributed by atoms with Gasteiger partial charge in [0, 0.05) is 12.3 Å². The van der Waals surface area contributed by atoms with E-state index < -0.39 is 17.2 Å². The number of hydrogen-bond donors (Lipinski definition) is 3. The van der Waals surface area contributed by atoms with Gasteiger partial charge in [-0.2, -0.15) is 0 Å². The molecule has 0 aliphatic heterocycles. The Hall–Kier alpha value is -0.610. The normalized spacial score (nSPS) is 48.2. The summed E-state index contributed by atoms with van der Waals surface area (Å²) in [5.74, 6) is -0.869. The Bertz CT molecular complexity index is 616. The smallest absolute Gasteiger partial charge is 0.310 e. The van der Waals surface area contributed by atoms with Crippen molar-refractivity contribution in [2.45, 2.75) is 97.2 Å². The molecule has 0 bridgehead atoms. The van der Waals surface area contributed by atoms with Gasteiger partial charge in [-0.3, -0.25) is 4.79 Å². The van der Waals surface area contributed by atoms with Crippen LogP contribution in [0.5, 0.6) is 0 Å². The van der Waals surface area contributed by atoms with Gasteiger partial charge in [0.2, 0.25) is 0 Å². The van der Waals surface area contributed by atoms with Gasteiger partial charge >= 0.3 is 5.97 Å². The number of fused-ring (bicyclic) bond motifs is 5. The molecule has 3 N–H and O–H groups in total. The first kappa shape index (κ1) is 20.7. The maximum absolute atomic E-state index is 12.6. The lowest BCUT2D eigenvalue weighted by Gasteiger charge is -2.59. The Balaban J connectivity index is 1.69. The summed E-state index contributed by atoms with van der Waals surface area (Å²) in [5.41, 5.74) is -0.635. The van der Waals surface area contributed by atoms with Crippen LogP contribution in [0.25, 0.3) is 0 Å². The van der Waals surface area contributed by atoms with Gasteiger partial charge in [0.1, 0.15) is 0 Å². The first-order valence-corrected chi connectivity index (χ1v) is 11.9. The van der Waals surface area contributed by atoms with E-state index in [0.29, 0.717) is 18.3 Å². The second-order valence-corrected chi connectivity index (χ2v) is 11.1. The predicted octanol–water partition coefficient (Wildman–Crippen LogP) is 4.83. The second-order valence-electron chi connectivity index (χ2n) is 11.1. The molecule has 0 aromatic carbocycles. The minimum absolute atomic E-state index is 0.0829. The third-order valence-electron chi connectivity index (χ3n) is 9.95. The number of carbonyl (C=O) groups is 1. The van der Waals surface area contributed by atoms with Crippen LogP contribution in [-0.4, -0.2) is 27.1 Å². The Labute approximate surface area is 170 Å². The molecule has 0 aromatic heterocycles. The van der Waals surface area contributed by atoms with Gasteiger partial charge < -0.3 is 15.3 Å². The summed E-state index contributed by atoms with van der Waals surface area (Å²) >= 11 is 0. The van der Waals surface area contributed by atoms with Gasteiger partial charge in [-0.1, -0.05) is 46.5 Å². The largest absolute Gasteiger partial charge is 0.481 e. The van der Waals surface area contributed by atoms with Gasteiger partial charge in [0.15, 0.2) is 5.79 Å². The van der Waals surface area contributed by atoms with Gasteiger partial charge in [-0.15, -0.1) is 0 Å². The zero-order valence-corrected chi connectivity index (χ0v) is 18.0. The molecule has 28 heavy (non-hydrogen) atoms. The van der Waals surface area contributed by atoms with Crippen LogP contribution in [0.3, 0.4) is 0 Å². The number of carboxylic acid groups (broad SMARTS) is 1. The van der Waals surface area contributed by atoms with Crippen LogP contribution in [0.1, 0.15) is 91.4 Å². The van der Waals surface area contributed by atoms with E-state index in [-0.39, 0.29) is 29.1 Å². The standard InChI is InChI=1S/C24H40O4/c1-4-7-15(2)20-22(3)13-11-18-17(19(22)14-24(20,27)28)10-9-16-8-5-6-12-23(16,18)21(25)26/h15-20,27-28H,4-14H2,1-3H3,(H,25,26)/t15-,16?,17-,18+,19+,20-,22+,23-/m1/s1. The summed E-state index contributed by atoms with van der Waals surface area (Å²) in [6.45, 7) is 6.64. The Morgan fingerprint density at radius 3 is 2.50 bits per heavy atom. The lowest BCUT2D eigenvalue weighted by Crippen LogP contribution is -2.57. The fourth-order valence-corrected chi connectivity index (χ4v) is 9.15. The van der Waals surface area contributed by atoms with Crippen molar-refractivity contribution >= 4 is 5.97 Å². The molecule has 4 saturated carbocycles. The molecule has 4 heteroatoms. The summed E-state index contributed by atoms with van der Waals surface area (Å²) in [6, 6.07) is 0. The highest BCUT2D eigenvalue weighted by Crippen LogP contribution is 2.70. The molecule has 4 rings (SSSR count). The van der Waals surface area contributed by atoms with Crippen LogP contribution in [-0.2, 0) is 4.79 Å². The van der Waals surface area contributed by atoms with E-state index in [2.05, 4.69) is 20.8 Å². The number of carboxylic acids is 1. The molecule has 0 amide bonds. The maximum atomic E-state index is 12.6. The van der Waals surface area contributed by atoms with E-state index >= 15 is 0 Å². The summed E-state index contributed by atoms with van der Waals surface area (Å²) in [5, 5.41) is 32.5. The van der Waals surface area contributed by atoms with Crippen molar-refractivity contribution < 1.29 is 20.1 Å². The van der Waals surface area contributed by atoms with E-state index in [1.54, 1.807) is 0 Å². The van der Waals surface area contributed by atoms with Crippen molar-refractivity contribution in [1.82, 2.24) is 0 Å². The second kappa shape index (κ2) is 6.97. The number of rotatable bonds is 4. The monoisotopic (exact) mass is 392 g/mol. The van der Waals surface area contributed by atoms with Crippen LogP contribution in [0, 0.1) is 46.3 Å². The fourth-order valence-electron chi connectivity index (χ4n) is 9.15. The zero-order chi connectivity index (χ0) is 20.3. The van der Waals surface area contributed by atoms with E-state index in [1.165, 1.54) is 6.42 Å². The van der Waals surface area contributed by atoms with Crippen LogP contribution in [0.2, 0.25) is 0 Å². The highest BCUT2D eigenvalue weighted by molar-refractivity contribution is 5.76. The SMILES string of the molecule is CCC[C@@H](C)[C@H]1C(O)(O)C[C@H]2[C@@H]3CCC4CCCC[C@]4(C(=O)O)[C@H]3CC[C@@]21C. The van der Waals surface area contributed by atoms with Crippen LogP contribution >= 0.6 is 0 Å². The van der Waals surface area contributed by atoms with Gasteiger partial charge in [-0.05, 0) is 73.5 Å². The molecule has 0 aromatic rings. The highest BCUT2D eigenvalue weighted by Gasteiger charge is 2.68. The minimum Gasteiger partial charge on any atom is -0.481 e. The zero-order valence-electron chi connectivity index (χ0n) is 18.0. The first-order valence-electron chi connectivity index (χ1n) is 11.9. The lowest BCUT2D eigenvalue weighted by molar-refractivity contribution is -0.211. The van der Waals surface area contributed by atoms with Crippen molar-refractivity contribution in [2.75, 3.05) is 0 Å². The molecule has 0 saturated heterocycles. The van der Waals surface area contributed by atoms with E-state index in [0.717, 1.165) is 57.8 Å². The predicted molar refractivity (Wildman–Crippen MR) is 108 cm³/mol. The molecule has 0 spiro atoms. The van der Waals surface area contributed by atoms with Crippen molar-refractivity contribution in [3.8, 4) is 0 Å². The van der Waals surface area contributed by atoms with Crippen molar-refractivity contribution in [1.29, 1.82) is 0 Å². The number of hydrogen-bond acceptors (Lipinski definition) is 3. The highest BCUT2D eigenvalue weighted by atomic mass is 16.5. The van der Waals surface area contributed by atoms with Gasteiger partial charge in [0.05, 0.1) is 5.41 Å². The van der Waals surface area contributed by atoms with E-state index in [9.17, 15) is 20.1 Å². The molecule has 1 unspecified atom stereocenters. The van der Waals surface area contributed by atoms with Crippen LogP contribution in [0.15, 0.2) is 0 Å². The van der Waals surface area contributed by atoms with Crippen molar-refractivity contribution in [3.05, 3.63) is 0 Å². The average molecular weight is 393 g/mol. The molecular weight excluding hydrogens is 352 g/mol. The van der Waals surface area contributed by atoms with Crippen LogP contribution in [0.4, 0.5) is 0 Å². The van der Waals surface area contributed by atoms with Gasteiger partial charge in [-0.25, -0.2) is 0 Å². The Morgan fingerprint density at radius 2 is 1.82 bits per heavy atom. The van der Waals surface area contributed by atoms with E-state index in [1.807, 2.05) is 0 Å². The maximum Gasteiger partial charge on any atom is 0.310 e. The molecule has 4 aliphatic carbocycles. The molecule has 160 valence electrons. The first-order chi connectivity index (χ1) is 13.2. The lowest BCUT2D eigenvalue weighted by atomic mass is 9.44. The van der Waals surface area contributed by atoms with Crippen LogP contribution < -0.4 is 0 Å². The molecule has 0 radical (unpaired) electrons. The average Bonchev–Trinajstić information content (AvgIpc) is 2.86. The molecule has 0 heterocycles. The summed E-state index contributed by atoms with van der Waals surface area (Å²) in [6.07, 6.45) is 10.6. The molecule has 8 atom stereocenters. The third-order valence-corrected chi connectivity index (χ3v) is 9.95. The van der Waals surface area contributed by atoms with E-state index in [4.69, 9.17) is 0 Å². The molecule has 4 fully saturated rings. The number of aliphatic carboxylic acids is 1. The summed E-state index contributed by atoms with van der Waals surface area (Å²) in [4.78, 5) is 12.6. The fraction of sp³-hybridized carbons (Fsp3) is 0.958. The third kappa shape index (κ3) is 2.73. The Morgan fingerprint density at radius 1 is 1.07 bits per heavy atom. The van der Waals surface area contributed by atoms with Crippen molar-refractivity contribution in [2.24, 2.45) is 46.3 Å².